The minimum Gasteiger partial charge on any atom is -0.489 e. The van der Waals surface area contributed by atoms with Crippen LogP contribution in [0.5, 0.6) is 5.75 Å². The van der Waals surface area contributed by atoms with Gasteiger partial charge in [0.05, 0.1) is 12.3 Å². The molecule has 0 N–H and O–H groups in total. The molecule has 2 saturated heterocycles. The highest BCUT2D eigenvalue weighted by atomic mass is 16.6. The SMILES string of the molecule is CC(C)/C=C(\C#N)C(=O)N1CC[C@@H]2O[C@@](C)(COc3cccnc3)C[C@@H]2C1. The molecule has 2 aliphatic heterocycles. The van der Waals surface area contributed by atoms with Gasteiger partial charge in [0.1, 0.15) is 29.6 Å². The maximum absolute atomic E-state index is 12.7. The molecule has 0 saturated carbocycles. The Morgan fingerprint density at radius 2 is 2.41 bits per heavy atom. The van der Waals surface area contributed by atoms with Gasteiger partial charge in [0, 0.05) is 25.2 Å². The number of allylic oxidation sites excluding steroid dienone is 1. The summed E-state index contributed by atoms with van der Waals surface area (Å²) in [6.07, 6.45) is 6.90. The first-order valence-corrected chi connectivity index (χ1v) is 9.52. The van der Waals surface area contributed by atoms with E-state index in [2.05, 4.69) is 18.0 Å². The van der Waals surface area contributed by atoms with Gasteiger partial charge in [-0.2, -0.15) is 5.26 Å². The van der Waals surface area contributed by atoms with Gasteiger partial charge in [-0.25, -0.2) is 0 Å². The van der Waals surface area contributed by atoms with Crippen molar-refractivity contribution in [3.05, 3.63) is 36.2 Å². The molecule has 2 aliphatic rings. The number of ether oxygens (including phenoxy) is 2. The van der Waals surface area contributed by atoms with Crippen molar-refractivity contribution in [2.45, 2.75) is 45.3 Å². The Morgan fingerprint density at radius 1 is 1.59 bits per heavy atom. The molecule has 6 nitrogen and oxygen atoms in total. The van der Waals surface area contributed by atoms with Crippen molar-refractivity contribution in [1.29, 1.82) is 5.26 Å². The van der Waals surface area contributed by atoms with E-state index in [1.54, 1.807) is 23.4 Å². The Kier molecular flexibility index (Phi) is 5.81. The van der Waals surface area contributed by atoms with E-state index >= 15 is 0 Å². The molecular formula is C21H27N3O3. The lowest BCUT2D eigenvalue weighted by Crippen LogP contribution is -2.44. The Labute approximate surface area is 160 Å². The Hall–Kier alpha value is -2.39. The topological polar surface area (TPSA) is 75.5 Å². The fourth-order valence-electron chi connectivity index (χ4n) is 3.94. The molecule has 0 aliphatic carbocycles. The zero-order valence-corrected chi connectivity index (χ0v) is 16.2. The second-order valence-electron chi connectivity index (χ2n) is 8.02. The molecule has 0 aromatic carbocycles. The molecule has 6 heteroatoms. The standard InChI is InChI=1S/C21H27N3O3/c1-15(2)9-16(11-22)20(25)24-8-6-19-17(13-24)10-21(3,27-19)14-26-18-5-4-7-23-12-18/h4-5,7,9,12,15,17,19H,6,8,10,13-14H2,1-3H3/b16-9+/t17-,19+,21-/m1/s1. The van der Waals surface area contributed by atoms with Crippen molar-refractivity contribution >= 4 is 5.91 Å². The number of hydrogen-bond donors (Lipinski definition) is 0. The first-order chi connectivity index (χ1) is 12.9. The Balaban J connectivity index is 1.60. The van der Waals surface area contributed by atoms with Crippen molar-refractivity contribution in [3.63, 3.8) is 0 Å². The van der Waals surface area contributed by atoms with Crippen LogP contribution in [-0.4, -0.2) is 47.2 Å². The van der Waals surface area contributed by atoms with E-state index in [-0.39, 0.29) is 35.0 Å². The summed E-state index contributed by atoms with van der Waals surface area (Å²) >= 11 is 0. The third-order valence-electron chi connectivity index (χ3n) is 5.11. The van der Waals surface area contributed by atoms with Gasteiger partial charge in [0.15, 0.2) is 0 Å². The van der Waals surface area contributed by atoms with Crippen LogP contribution in [0.3, 0.4) is 0 Å². The van der Waals surface area contributed by atoms with Gasteiger partial charge >= 0.3 is 0 Å². The summed E-state index contributed by atoms with van der Waals surface area (Å²) in [5.74, 6) is 1.00. The summed E-state index contributed by atoms with van der Waals surface area (Å²) < 4.78 is 12.1. The first-order valence-electron chi connectivity index (χ1n) is 9.52. The number of hydrogen-bond acceptors (Lipinski definition) is 5. The molecule has 3 rings (SSSR count). The molecule has 27 heavy (non-hydrogen) atoms. The largest absolute Gasteiger partial charge is 0.489 e. The molecule has 3 atom stereocenters. The molecular weight excluding hydrogens is 342 g/mol. The summed E-state index contributed by atoms with van der Waals surface area (Å²) in [7, 11) is 0. The minimum absolute atomic E-state index is 0.135. The number of nitriles is 1. The fourth-order valence-corrected chi connectivity index (χ4v) is 3.94. The van der Waals surface area contributed by atoms with E-state index in [0.717, 1.165) is 18.6 Å². The first kappa shape index (κ1) is 19.4. The highest BCUT2D eigenvalue weighted by Crippen LogP contribution is 2.39. The Bertz CT molecular complexity index is 741. The molecule has 0 bridgehead atoms. The predicted octanol–water partition coefficient (Wildman–Crippen LogP) is 2.96. The quantitative estimate of drug-likeness (QED) is 0.589. The molecule has 2 fully saturated rings. The van der Waals surface area contributed by atoms with Gasteiger partial charge in [-0.1, -0.05) is 19.9 Å². The summed E-state index contributed by atoms with van der Waals surface area (Å²) in [6.45, 7) is 7.70. The third-order valence-corrected chi connectivity index (χ3v) is 5.11. The molecule has 0 spiro atoms. The van der Waals surface area contributed by atoms with Crippen LogP contribution in [0, 0.1) is 23.2 Å². The van der Waals surface area contributed by atoms with Crippen LogP contribution in [0.2, 0.25) is 0 Å². The number of fused-ring (bicyclic) bond motifs is 1. The van der Waals surface area contributed by atoms with Gasteiger partial charge in [-0.05, 0) is 37.8 Å². The normalized spacial score (nSPS) is 28.0. The van der Waals surface area contributed by atoms with Gasteiger partial charge in [0.25, 0.3) is 5.91 Å². The van der Waals surface area contributed by atoms with Crippen LogP contribution < -0.4 is 4.74 Å². The molecule has 0 radical (unpaired) electrons. The predicted molar refractivity (Wildman–Crippen MR) is 101 cm³/mol. The monoisotopic (exact) mass is 369 g/mol. The van der Waals surface area contributed by atoms with E-state index in [0.29, 0.717) is 19.7 Å². The lowest BCUT2D eigenvalue weighted by atomic mass is 9.89. The number of rotatable bonds is 5. The highest BCUT2D eigenvalue weighted by Gasteiger charge is 2.47. The van der Waals surface area contributed by atoms with E-state index in [1.165, 1.54) is 0 Å². The number of carbonyl (C=O) groups excluding carboxylic acids is 1. The molecule has 3 heterocycles. The zero-order chi connectivity index (χ0) is 19.4. The lowest BCUT2D eigenvalue weighted by molar-refractivity contribution is -0.130. The highest BCUT2D eigenvalue weighted by molar-refractivity contribution is 5.97. The molecule has 1 aromatic rings. The third kappa shape index (κ3) is 4.67. The van der Waals surface area contributed by atoms with Crippen LogP contribution in [0.1, 0.15) is 33.6 Å². The maximum Gasteiger partial charge on any atom is 0.264 e. The van der Waals surface area contributed by atoms with Gasteiger partial charge in [-0.15, -0.1) is 0 Å². The number of nitrogens with zero attached hydrogens (tertiary/aromatic N) is 3. The molecule has 1 aromatic heterocycles. The van der Waals surface area contributed by atoms with Crippen LogP contribution in [-0.2, 0) is 9.53 Å². The van der Waals surface area contributed by atoms with Crippen molar-refractivity contribution in [3.8, 4) is 11.8 Å². The van der Waals surface area contributed by atoms with E-state index in [4.69, 9.17) is 9.47 Å². The number of pyridine rings is 1. The van der Waals surface area contributed by atoms with E-state index in [1.807, 2.05) is 26.0 Å². The average Bonchev–Trinajstić information content (AvgIpc) is 3.00. The average molecular weight is 369 g/mol. The van der Waals surface area contributed by atoms with Crippen LogP contribution in [0.25, 0.3) is 0 Å². The maximum atomic E-state index is 12.7. The Morgan fingerprint density at radius 3 is 3.07 bits per heavy atom. The fraction of sp³-hybridized carbons (Fsp3) is 0.571. The molecule has 1 amide bonds. The van der Waals surface area contributed by atoms with Crippen molar-refractivity contribution in [1.82, 2.24) is 9.88 Å². The van der Waals surface area contributed by atoms with Gasteiger partial charge < -0.3 is 14.4 Å². The number of piperidine rings is 1. The number of likely N-dealkylation sites (tertiary alicyclic amines) is 1. The molecule has 144 valence electrons. The second kappa shape index (κ2) is 8.10. The van der Waals surface area contributed by atoms with Gasteiger partial charge in [-0.3, -0.25) is 9.78 Å². The van der Waals surface area contributed by atoms with Crippen molar-refractivity contribution in [2.24, 2.45) is 11.8 Å². The lowest BCUT2D eigenvalue weighted by Gasteiger charge is -2.34. The van der Waals surface area contributed by atoms with Crippen LogP contribution >= 0.6 is 0 Å². The summed E-state index contributed by atoms with van der Waals surface area (Å²) in [5.41, 5.74) is -0.138. The number of aromatic nitrogens is 1. The van der Waals surface area contributed by atoms with Gasteiger partial charge in [0.2, 0.25) is 0 Å². The number of carbonyl (C=O) groups is 1. The summed E-state index contributed by atoms with van der Waals surface area (Å²) in [5, 5.41) is 9.31. The van der Waals surface area contributed by atoms with E-state index in [9.17, 15) is 10.1 Å². The minimum atomic E-state index is -0.379. The van der Waals surface area contributed by atoms with Crippen LogP contribution in [0.15, 0.2) is 36.2 Å². The second-order valence-corrected chi connectivity index (χ2v) is 8.02. The summed E-state index contributed by atoms with van der Waals surface area (Å²) in [4.78, 5) is 18.5. The van der Waals surface area contributed by atoms with E-state index < -0.39 is 0 Å². The molecule has 0 unspecified atom stereocenters. The van der Waals surface area contributed by atoms with Crippen molar-refractivity contribution in [2.75, 3.05) is 19.7 Å². The summed E-state index contributed by atoms with van der Waals surface area (Å²) in [6, 6.07) is 5.78. The number of amides is 1. The zero-order valence-electron chi connectivity index (χ0n) is 16.2. The van der Waals surface area contributed by atoms with Crippen LogP contribution in [0.4, 0.5) is 0 Å². The smallest absolute Gasteiger partial charge is 0.264 e. The van der Waals surface area contributed by atoms with Crippen molar-refractivity contribution < 1.29 is 14.3 Å².